The largest absolute Gasteiger partial charge is 0.478 e. The van der Waals surface area contributed by atoms with E-state index in [4.69, 9.17) is 14.6 Å². The number of carboxylic acid groups (broad SMARTS) is 1. The number of aliphatic carboxylic acids is 1. The van der Waals surface area contributed by atoms with Gasteiger partial charge < -0.3 is 19.3 Å². The molecule has 0 aromatic heterocycles. The topological polar surface area (TPSA) is 102 Å². The van der Waals surface area contributed by atoms with Crippen LogP contribution in [0, 0.1) is 0 Å². The fourth-order valence-electron chi connectivity index (χ4n) is 0.827. The van der Waals surface area contributed by atoms with Crippen LogP contribution in [0.1, 0.15) is 6.92 Å². The van der Waals surface area contributed by atoms with E-state index in [-0.39, 0.29) is 17.6 Å². The first kappa shape index (κ1) is 18.6. The normalized spacial score (nSPS) is 15.4. The van der Waals surface area contributed by atoms with E-state index in [1.165, 1.54) is 7.11 Å². The van der Waals surface area contributed by atoms with Gasteiger partial charge in [0.05, 0.1) is 19.3 Å². The van der Waals surface area contributed by atoms with Crippen molar-refractivity contribution >= 4 is 17.9 Å². The predicted octanol–water partition coefficient (Wildman–Crippen LogP) is 0.861. The Morgan fingerprint density at radius 3 is 2.24 bits per heavy atom. The summed E-state index contributed by atoms with van der Waals surface area (Å²) in [6.45, 7) is 9.41. The molecule has 0 aromatic rings. The Morgan fingerprint density at radius 1 is 1.29 bits per heavy atom. The fraction of sp³-hybridized carbons (Fsp3) is 0.357. The van der Waals surface area contributed by atoms with Gasteiger partial charge in [0.25, 0.3) is 0 Å². The lowest BCUT2D eigenvalue weighted by atomic mass is 10.3. The monoisotopic (exact) mass is 298 g/mol. The number of carboxylic acids is 1. The number of rotatable bonds is 6. The van der Waals surface area contributed by atoms with Gasteiger partial charge in [0.1, 0.15) is 12.7 Å². The highest BCUT2D eigenvalue weighted by Gasteiger charge is 2.24. The molecule has 116 valence electrons. The molecule has 7 nitrogen and oxygen atoms in total. The van der Waals surface area contributed by atoms with E-state index in [1.54, 1.807) is 6.92 Å². The molecule has 0 aliphatic carbocycles. The van der Waals surface area contributed by atoms with Crippen LogP contribution in [0.5, 0.6) is 0 Å². The molecule has 7 heteroatoms. The van der Waals surface area contributed by atoms with Crippen molar-refractivity contribution in [2.45, 2.75) is 13.0 Å². The second-order valence-corrected chi connectivity index (χ2v) is 4.02. The van der Waals surface area contributed by atoms with Gasteiger partial charge in [0, 0.05) is 11.6 Å². The van der Waals surface area contributed by atoms with Crippen LogP contribution in [-0.2, 0) is 28.6 Å². The Hall–Kier alpha value is -2.41. The molecule has 0 radical (unpaired) electrons. The maximum absolute atomic E-state index is 10.7. The molecule has 0 bridgehead atoms. The highest BCUT2D eigenvalue weighted by molar-refractivity contribution is 5.92. The summed E-state index contributed by atoms with van der Waals surface area (Å²) in [5.74, 6) is -2.10. The average molecular weight is 298 g/mol. The third kappa shape index (κ3) is 10.1. The second-order valence-electron chi connectivity index (χ2n) is 4.02. The van der Waals surface area contributed by atoms with Crippen LogP contribution < -0.4 is 0 Å². The summed E-state index contributed by atoms with van der Waals surface area (Å²) in [6.07, 6.45) is 2.04. The molecule has 1 saturated heterocycles. The number of hydrogen-bond acceptors (Lipinski definition) is 6. The smallest absolute Gasteiger partial charge is 0.337 e. The van der Waals surface area contributed by atoms with Crippen molar-refractivity contribution in [2.75, 3.05) is 20.3 Å². The summed E-state index contributed by atoms with van der Waals surface area (Å²) in [5.41, 5.74) is 0.440. The third-order valence-electron chi connectivity index (χ3n) is 2.03. The van der Waals surface area contributed by atoms with Crippen molar-refractivity contribution in [3.05, 3.63) is 36.5 Å². The zero-order valence-electron chi connectivity index (χ0n) is 12.0. The molecule has 1 heterocycles. The summed E-state index contributed by atoms with van der Waals surface area (Å²) in [4.78, 5) is 31.2. The van der Waals surface area contributed by atoms with Gasteiger partial charge in [-0.1, -0.05) is 13.2 Å². The molecule has 21 heavy (non-hydrogen) atoms. The third-order valence-corrected chi connectivity index (χ3v) is 2.03. The number of carbonyl (C=O) groups is 3. The molecule has 1 N–H and O–H groups in total. The van der Waals surface area contributed by atoms with Gasteiger partial charge in [0.2, 0.25) is 0 Å². The van der Waals surface area contributed by atoms with Crippen molar-refractivity contribution in [2.24, 2.45) is 0 Å². The zero-order valence-corrected chi connectivity index (χ0v) is 12.0. The molecule has 1 aliphatic rings. The maximum Gasteiger partial charge on any atom is 0.337 e. The van der Waals surface area contributed by atoms with Crippen molar-refractivity contribution < 1.29 is 33.7 Å². The zero-order chi connectivity index (χ0) is 16.4. The van der Waals surface area contributed by atoms with Crippen LogP contribution in [0.25, 0.3) is 0 Å². The summed E-state index contributed by atoms with van der Waals surface area (Å²) >= 11 is 0. The number of hydrogen-bond donors (Lipinski definition) is 1. The summed E-state index contributed by atoms with van der Waals surface area (Å²) in [7, 11) is 1.20. The quantitative estimate of drug-likeness (QED) is 0.336. The molecule has 0 saturated carbocycles. The van der Waals surface area contributed by atoms with Crippen LogP contribution in [0.4, 0.5) is 0 Å². The van der Waals surface area contributed by atoms with E-state index in [9.17, 15) is 14.4 Å². The lowest BCUT2D eigenvalue weighted by molar-refractivity contribution is -0.139. The summed E-state index contributed by atoms with van der Waals surface area (Å²) in [6, 6.07) is 0. The van der Waals surface area contributed by atoms with Crippen LogP contribution in [-0.4, -0.2) is 49.4 Å². The van der Waals surface area contributed by atoms with Crippen LogP contribution in [0.15, 0.2) is 36.5 Å². The van der Waals surface area contributed by atoms with E-state index in [0.29, 0.717) is 18.8 Å². The van der Waals surface area contributed by atoms with Gasteiger partial charge in [-0.25, -0.2) is 14.4 Å². The SMILES string of the molecule is C=C(C)C(=O)OCC1CO1.C=C(C=CC(=O)O)C(=O)OC. The van der Waals surface area contributed by atoms with Crippen LogP contribution in [0.2, 0.25) is 0 Å². The van der Waals surface area contributed by atoms with Crippen molar-refractivity contribution in [1.82, 2.24) is 0 Å². The number of carbonyl (C=O) groups excluding carboxylic acids is 2. The minimum atomic E-state index is -1.13. The first-order valence-corrected chi connectivity index (χ1v) is 5.90. The lowest BCUT2D eigenvalue weighted by Gasteiger charge is -1.99. The fourth-order valence-corrected chi connectivity index (χ4v) is 0.827. The van der Waals surface area contributed by atoms with Gasteiger partial charge in [-0.15, -0.1) is 0 Å². The molecular formula is C14H18O7. The van der Waals surface area contributed by atoms with Crippen LogP contribution in [0.3, 0.4) is 0 Å². The van der Waals surface area contributed by atoms with Crippen molar-refractivity contribution in [3.63, 3.8) is 0 Å². The Balaban J connectivity index is 0.000000382. The number of ether oxygens (including phenoxy) is 3. The van der Waals surface area contributed by atoms with Gasteiger partial charge in [-0.3, -0.25) is 0 Å². The van der Waals surface area contributed by atoms with Gasteiger partial charge in [0.15, 0.2) is 0 Å². The van der Waals surface area contributed by atoms with Gasteiger partial charge in [-0.2, -0.15) is 0 Å². The molecular weight excluding hydrogens is 280 g/mol. The highest BCUT2D eigenvalue weighted by Crippen LogP contribution is 2.09. The first-order chi connectivity index (χ1) is 9.77. The Bertz CT molecular complexity index is 458. The highest BCUT2D eigenvalue weighted by atomic mass is 16.6. The first-order valence-electron chi connectivity index (χ1n) is 5.90. The van der Waals surface area contributed by atoms with E-state index >= 15 is 0 Å². The summed E-state index contributed by atoms with van der Waals surface area (Å²) < 4.78 is 13.9. The molecule has 1 aliphatic heterocycles. The number of esters is 2. The molecule has 1 rings (SSSR count). The maximum atomic E-state index is 10.7. The minimum Gasteiger partial charge on any atom is -0.478 e. The number of epoxide rings is 1. The lowest BCUT2D eigenvalue weighted by Crippen LogP contribution is -2.09. The summed E-state index contributed by atoms with van der Waals surface area (Å²) in [5, 5.41) is 8.14. The second kappa shape index (κ2) is 9.49. The molecule has 1 fully saturated rings. The van der Waals surface area contributed by atoms with E-state index in [2.05, 4.69) is 17.9 Å². The van der Waals surface area contributed by atoms with E-state index < -0.39 is 11.9 Å². The van der Waals surface area contributed by atoms with Crippen molar-refractivity contribution in [3.8, 4) is 0 Å². The Kier molecular flexibility index (Phi) is 8.40. The average Bonchev–Trinajstić information content (AvgIpc) is 3.25. The Morgan fingerprint density at radius 2 is 1.86 bits per heavy atom. The minimum absolute atomic E-state index is 0.00917. The van der Waals surface area contributed by atoms with Crippen LogP contribution >= 0.6 is 0 Å². The molecule has 0 spiro atoms. The molecule has 1 atom stereocenters. The van der Waals surface area contributed by atoms with E-state index in [1.807, 2.05) is 0 Å². The van der Waals surface area contributed by atoms with Crippen molar-refractivity contribution in [1.29, 1.82) is 0 Å². The van der Waals surface area contributed by atoms with Gasteiger partial charge >= 0.3 is 17.9 Å². The Labute approximate surface area is 122 Å². The number of methoxy groups -OCH3 is 1. The standard InChI is InChI=1S/C7H8O4.C7H10O3/c1-5(7(10)11-2)3-4-6(8)9;1-5(2)7(8)10-4-6-3-9-6/h3-4H,1H2,2H3,(H,8,9);6H,1,3-4H2,2H3. The van der Waals surface area contributed by atoms with E-state index in [0.717, 1.165) is 12.2 Å². The van der Waals surface area contributed by atoms with Gasteiger partial charge in [-0.05, 0) is 13.0 Å². The molecule has 0 amide bonds. The predicted molar refractivity (Wildman–Crippen MR) is 73.4 cm³/mol. The molecule has 1 unspecified atom stereocenters. The molecule has 0 aromatic carbocycles.